The number of anilines is 1. The van der Waals surface area contributed by atoms with E-state index in [4.69, 9.17) is 0 Å². The van der Waals surface area contributed by atoms with Gasteiger partial charge >= 0.3 is 0 Å². The second kappa shape index (κ2) is 9.89. The van der Waals surface area contributed by atoms with E-state index in [1.807, 2.05) is 24.3 Å². The van der Waals surface area contributed by atoms with Crippen molar-refractivity contribution in [3.05, 3.63) is 65.7 Å². The minimum Gasteiger partial charge on any atom is -0.350 e. The van der Waals surface area contributed by atoms with Crippen molar-refractivity contribution in [3.8, 4) is 0 Å². The van der Waals surface area contributed by atoms with Crippen molar-refractivity contribution in [1.29, 1.82) is 0 Å². The molecule has 1 N–H and O–H groups in total. The van der Waals surface area contributed by atoms with E-state index in [0.29, 0.717) is 12.2 Å². The van der Waals surface area contributed by atoms with Crippen molar-refractivity contribution in [3.63, 3.8) is 0 Å². The summed E-state index contributed by atoms with van der Waals surface area (Å²) >= 11 is 0. The first-order valence-corrected chi connectivity index (χ1v) is 11.9. The Morgan fingerprint density at radius 2 is 1.59 bits per heavy atom. The van der Waals surface area contributed by atoms with Crippen molar-refractivity contribution in [1.82, 2.24) is 10.2 Å². The number of hydrogen-bond donors (Lipinski definition) is 1. The van der Waals surface area contributed by atoms with Crippen molar-refractivity contribution in [2.75, 3.05) is 30.2 Å². The standard InChI is InChI=1S/C22H29N3O3S/c1-29(27,28)25(21-12-4-2-5-13-21)18-22(26)23-16-19-10-6-7-11-20(19)17-24-14-8-3-9-15-24/h2,4-7,10-13H,3,8-9,14-18H2,1H3,(H,23,26). The van der Waals surface area contributed by atoms with Crippen molar-refractivity contribution >= 4 is 21.6 Å². The molecule has 1 aliphatic heterocycles. The van der Waals surface area contributed by atoms with Crippen LogP contribution in [-0.2, 0) is 27.9 Å². The van der Waals surface area contributed by atoms with Crippen LogP contribution in [0.25, 0.3) is 0 Å². The maximum Gasteiger partial charge on any atom is 0.241 e. The van der Waals surface area contributed by atoms with Gasteiger partial charge in [0.25, 0.3) is 0 Å². The van der Waals surface area contributed by atoms with Crippen LogP contribution in [0.4, 0.5) is 5.69 Å². The molecule has 29 heavy (non-hydrogen) atoms. The number of likely N-dealkylation sites (tertiary alicyclic amines) is 1. The number of amides is 1. The average Bonchev–Trinajstić information content (AvgIpc) is 2.72. The first-order valence-electron chi connectivity index (χ1n) is 10.0. The highest BCUT2D eigenvalue weighted by molar-refractivity contribution is 7.92. The van der Waals surface area contributed by atoms with Gasteiger partial charge in [-0.2, -0.15) is 0 Å². The van der Waals surface area contributed by atoms with Crippen LogP contribution in [0.3, 0.4) is 0 Å². The van der Waals surface area contributed by atoms with E-state index in [0.717, 1.165) is 35.8 Å². The number of carbonyl (C=O) groups is 1. The molecular weight excluding hydrogens is 386 g/mol. The van der Waals surface area contributed by atoms with Crippen molar-refractivity contribution in [2.45, 2.75) is 32.4 Å². The molecular formula is C22H29N3O3S. The second-order valence-corrected chi connectivity index (χ2v) is 9.39. The lowest BCUT2D eigenvalue weighted by molar-refractivity contribution is -0.119. The molecule has 1 amide bonds. The third kappa shape index (κ3) is 6.30. The number of rotatable bonds is 8. The van der Waals surface area contributed by atoms with Gasteiger partial charge in [-0.1, -0.05) is 48.9 Å². The summed E-state index contributed by atoms with van der Waals surface area (Å²) in [6.45, 7) is 3.25. The highest BCUT2D eigenvalue weighted by Crippen LogP contribution is 2.17. The molecule has 1 fully saturated rings. The largest absolute Gasteiger partial charge is 0.350 e. The minimum absolute atomic E-state index is 0.239. The van der Waals surface area contributed by atoms with Gasteiger partial charge in [-0.05, 0) is 49.2 Å². The summed E-state index contributed by atoms with van der Waals surface area (Å²) in [7, 11) is -3.56. The van der Waals surface area contributed by atoms with E-state index in [2.05, 4.69) is 16.3 Å². The van der Waals surface area contributed by atoms with Crippen LogP contribution >= 0.6 is 0 Å². The Hall–Kier alpha value is -2.38. The number of nitrogens with one attached hydrogen (secondary N) is 1. The Kier molecular flexibility index (Phi) is 7.28. The zero-order valence-corrected chi connectivity index (χ0v) is 17.7. The first-order chi connectivity index (χ1) is 13.9. The molecule has 0 spiro atoms. The van der Waals surface area contributed by atoms with Gasteiger partial charge in [-0.15, -0.1) is 0 Å². The van der Waals surface area contributed by atoms with Crippen molar-refractivity contribution < 1.29 is 13.2 Å². The van der Waals surface area contributed by atoms with Crippen LogP contribution < -0.4 is 9.62 Å². The van der Waals surface area contributed by atoms with Gasteiger partial charge < -0.3 is 5.32 Å². The fourth-order valence-corrected chi connectivity index (χ4v) is 4.47. The van der Waals surface area contributed by atoms with Gasteiger partial charge in [0.1, 0.15) is 6.54 Å². The molecule has 2 aromatic carbocycles. The van der Waals surface area contributed by atoms with Crippen molar-refractivity contribution in [2.24, 2.45) is 0 Å². The number of piperidine rings is 1. The Morgan fingerprint density at radius 1 is 0.966 bits per heavy atom. The summed E-state index contributed by atoms with van der Waals surface area (Å²) in [6.07, 6.45) is 4.88. The van der Waals surface area contributed by atoms with Crippen LogP contribution in [0.5, 0.6) is 0 Å². The summed E-state index contributed by atoms with van der Waals surface area (Å²) in [5.41, 5.74) is 2.76. The Balaban J connectivity index is 1.63. The summed E-state index contributed by atoms with van der Waals surface area (Å²) in [5.74, 6) is -0.327. The van der Waals surface area contributed by atoms with Gasteiger partial charge in [-0.3, -0.25) is 14.0 Å². The van der Waals surface area contributed by atoms with E-state index in [1.165, 1.54) is 24.8 Å². The number of sulfonamides is 1. The van der Waals surface area contributed by atoms with Crippen LogP contribution in [0, 0.1) is 0 Å². The summed E-state index contributed by atoms with van der Waals surface area (Å²) in [4.78, 5) is 15.0. The Labute approximate surface area is 173 Å². The molecule has 0 aliphatic carbocycles. The van der Waals surface area contributed by atoms with Gasteiger partial charge in [0.05, 0.1) is 11.9 Å². The molecule has 0 unspecified atom stereocenters. The molecule has 1 saturated heterocycles. The monoisotopic (exact) mass is 415 g/mol. The number of nitrogens with zero attached hydrogens (tertiary/aromatic N) is 2. The molecule has 0 bridgehead atoms. The fraction of sp³-hybridized carbons (Fsp3) is 0.409. The van der Waals surface area contributed by atoms with E-state index in [9.17, 15) is 13.2 Å². The van der Waals surface area contributed by atoms with Crippen LogP contribution in [-0.4, -0.2) is 45.1 Å². The number of hydrogen-bond acceptors (Lipinski definition) is 4. The maximum absolute atomic E-state index is 12.5. The first kappa shape index (κ1) is 21.3. The molecule has 156 valence electrons. The van der Waals surface area contributed by atoms with Gasteiger partial charge in [0.2, 0.25) is 15.9 Å². The van der Waals surface area contributed by atoms with Crippen LogP contribution in [0.15, 0.2) is 54.6 Å². The molecule has 1 aliphatic rings. The highest BCUT2D eigenvalue weighted by Gasteiger charge is 2.20. The highest BCUT2D eigenvalue weighted by atomic mass is 32.2. The molecule has 0 aromatic heterocycles. The molecule has 0 radical (unpaired) electrons. The van der Waals surface area contributed by atoms with E-state index >= 15 is 0 Å². The fourth-order valence-electron chi connectivity index (χ4n) is 3.62. The lowest BCUT2D eigenvalue weighted by Crippen LogP contribution is -2.40. The second-order valence-electron chi connectivity index (χ2n) is 7.49. The quantitative estimate of drug-likeness (QED) is 0.720. The minimum atomic E-state index is -3.56. The number of para-hydroxylation sites is 1. The third-order valence-electron chi connectivity index (χ3n) is 5.17. The van der Waals surface area contributed by atoms with E-state index in [1.54, 1.807) is 24.3 Å². The van der Waals surface area contributed by atoms with E-state index in [-0.39, 0.29) is 12.5 Å². The Bertz CT molecular complexity index is 910. The van der Waals surface area contributed by atoms with Gasteiger partial charge in [-0.25, -0.2) is 8.42 Å². The number of carbonyl (C=O) groups excluding carboxylic acids is 1. The predicted octanol–water partition coefficient (Wildman–Crippen LogP) is 2.75. The molecule has 7 heteroatoms. The maximum atomic E-state index is 12.5. The zero-order chi connectivity index (χ0) is 20.7. The summed E-state index contributed by atoms with van der Waals surface area (Å²) in [6, 6.07) is 16.8. The molecule has 1 heterocycles. The molecule has 6 nitrogen and oxygen atoms in total. The van der Waals surface area contributed by atoms with Crippen LogP contribution in [0.2, 0.25) is 0 Å². The topological polar surface area (TPSA) is 69.7 Å². The molecule has 3 rings (SSSR count). The Morgan fingerprint density at radius 3 is 2.24 bits per heavy atom. The summed E-state index contributed by atoms with van der Waals surface area (Å²) < 4.78 is 25.4. The molecule has 2 aromatic rings. The summed E-state index contributed by atoms with van der Waals surface area (Å²) in [5, 5.41) is 2.89. The van der Waals surface area contributed by atoms with Gasteiger partial charge in [0.15, 0.2) is 0 Å². The zero-order valence-electron chi connectivity index (χ0n) is 16.9. The number of benzene rings is 2. The normalized spacial score (nSPS) is 15.1. The lowest BCUT2D eigenvalue weighted by Gasteiger charge is -2.27. The lowest BCUT2D eigenvalue weighted by atomic mass is 10.0. The van der Waals surface area contributed by atoms with Crippen LogP contribution in [0.1, 0.15) is 30.4 Å². The SMILES string of the molecule is CS(=O)(=O)N(CC(=O)NCc1ccccc1CN1CCCCC1)c1ccccc1. The van der Waals surface area contributed by atoms with Gasteiger partial charge in [0, 0.05) is 13.1 Å². The average molecular weight is 416 g/mol. The smallest absolute Gasteiger partial charge is 0.241 e. The molecule has 0 saturated carbocycles. The van der Waals surface area contributed by atoms with E-state index < -0.39 is 10.0 Å². The predicted molar refractivity (Wildman–Crippen MR) is 116 cm³/mol. The third-order valence-corrected chi connectivity index (χ3v) is 6.31. The molecule has 0 atom stereocenters.